The van der Waals surface area contributed by atoms with Gasteiger partial charge in [-0.2, -0.15) is 0 Å². The van der Waals surface area contributed by atoms with Crippen molar-refractivity contribution in [1.82, 2.24) is 5.01 Å². The molecule has 0 aliphatic heterocycles. The number of nitrogens with one attached hydrogen (secondary N) is 1. The van der Waals surface area contributed by atoms with E-state index in [-0.39, 0.29) is 0 Å². The summed E-state index contributed by atoms with van der Waals surface area (Å²) in [5.74, 6) is 0.837. The van der Waals surface area contributed by atoms with E-state index >= 15 is 0 Å². The van der Waals surface area contributed by atoms with E-state index in [1.807, 2.05) is 38.2 Å². The van der Waals surface area contributed by atoms with Crippen LogP contribution in [0.3, 0.4) is 0 Å². The minimum atomic E-state index is 0.719. The normalized spacial score (nSPS) is 10.4. The number of aryl methyl sites for hydroxylation is 1. The standard InChI is InChI=1S/C10H17N3O/c1-7-5-8(11)9(12-13(2)3)6-10(7)14-4/h5-6,12H,11H2,1-4H3. The van der Waals surface area contributed by atoms with Crippen LogP contribution in [0.4, 0.5) is 11.4 Å². The summed E-state index contributed by atoms with van der Waals surface area (Å²) in [6.07, 6.45) is 0. The second-order valence-electron chi connectivity index (χ2n) is 3.42. The van der Waals surface area contributed by atoms with Crippen LogP contribution in [0.25, 0.3) is 0 Å². The molecule has 0 amide bonds. The minimum absolute atomic E-state index is 0.719. The van der Waals surface area contributed by atoms with Crippen LogP contribution < -0.4 is 15.9 Å². The van der Waals surface area contributed by atoms with Crippen molar-refractivity contribution in [3.05, 3.63) is 17.7 Å². The first-order chi connectivity index (χ1) is 6.54. The molecule has 1 aromatic carbocycles. The maximum Gasteiger partial charge on any atom is 0.124 e. The lowest BCUT2D eigenvalue weighted by Gasteiger charge is -2.17. The molecule has 0 bridgehead atoms. The fraction of sp³-hybridized carbons (Fsp3) is 0.400. The molecule has 0 saturated heterocycles. The molecule has 1 aromatic rings. The predicted octanol–water partition coefficient (Wildman–Crippen LogP) is 1.47. The van der Waals surface area contributed by atoms with Gasteiger partial charge in [0.15, 0.2) is 0 Å². The van der Waals surface area contributed by atoms with Crippen LogP contribution in [0.1, 0.15) is 5.56 Å². The number of anilines is 2. The van der Waals surface area contributed by atoms with E-state index < -0.39 is 0 Å². The van der Waals surface area contributed by atoms with Gasteiger partial charge in [-0.25, -0.2) is 5.01 Å². The van der Waals surface area contributed by atoms with Crippen molar-refractivity contribution in [2.75, 3.05) is 32.4 Å². The molecule has 4 heteroatoms. The van der Waals surface area contributed by atoms with Crippen LogP contribution in [0, 0.1) is 6.92 Å². The lowest BCUT2D eigenvalue weighted by Crippen LogP contribution is -2.20. The summed E-state index contributed by atoms with van der Waals surface area (Å²) in [4.78, 5) is 0. The van der Waals surface area contributed by atoms with Crippen LogP contribution >= 0.6 is 0 Å². The van der Waals surface area contributed by atoms with Crippen molar-refractivity contribution in [3.63, 3.8) is 0 Å². The molecule has 0 spiro atoms. The van der Waals surface area contributed by atoms with Crippen molar-refractivity contribution in [2.45, 2.75) is 6.92 Å². The number of nitrogens with two attached hydrogens (primary N) is 1. The molecule has 0 radical (unpaired) electrons. The number of nitrogen functional groups attached to an aromatic ring is 1. The summed E-state index contributed by atoms with van der Waals surface area (Å²) >= 11 is 0. The van der Waals surface area contributed by atoms with Gasteiger partial charge in [0.2, 0.25) is 0 Å². The van der Waals surface area contributed by atoms with Gasteiger partial charge in [-0.05, 0) is 18.6 Å². The number of hydrogen-bond donors (Lipinski definition) is 2. The van der Waals surface area contributed by atoms with E-state index in [2.05, 4.69) is 5.43 Å². The zero-order valence-corrected chi connectivity index (χ0v) is 9.09. The largest absolute Gasteiger partial charge is 0.496 e. The summed E-state index contributed by atoms with van der Waals surface area (Å²) in [5.41, 5.74) is 11.6. The van der Waals surface area contributed by atoms with Gasteiger partial charge >= 0.3 is 0 Å². The van der Waals surface area contributed by atoms with Crippen LogP contribution in [-0.2, 0) is 0 Å². The van der Waals surface area contributed by atoms with E-state index in [4.69, 9.17) is 10.5 Å². The van der Waals surface area contributed by atoms with Crippen LogP contribution in [0.2, 0.25) is 0 Å². The SMILES string of the molecule is COc1cc(NN(C)C)c(N)cc1C. The Morgan fingerprint density at radius 3 is 2.50 bits per heavy atom. The number of methoxy groups -OCH3 is 1. The van der Waals surface area contributed by atoms with Crippen molar-refractivity contribution in [1.29, 1.82) is 0 Å². The lowest BCUT2D eigenvalue weighted by atomic mass is 10.2. The van der Waals surface area contributed by atoms with Gasteiger partial charge in [0.05, 0.1) is 18.5 Å². The molecule has 0 aliphatic carbocycles. The fourth-order valence-electron chi connectivity index (χ4n) is 1.27. The highest BCUT2D eigenvalue weighted by atomic mass is 16.5. The average molecular weight is 195 g/mol. The van der Waals surface area contributed by atoms with E-state index in [1.54, 1.807) is 7.11 Å². The summed E-state index contributed by atoms with van der Waals surface area (Å²) in [6.45, 7) is 1.97. The molecule has 0 aliphatic rings. The smallest absolute Gasteiger partial charge is 0.124 e. The highest BCUT2D eigenvalue weighted by Gasteiger charge is 2.05. The third kappa shape index (κ3) is 2.29. The van der Waals surface area contributed by atoms with E-state index in [1.165, 1.54) is 0 Å². The number of hydrogen-bond acceptors (Lipinski definition) is 4. The Morgan fingerprint density at radius 2 is 2.00 bits per heavy atom. The molecule has 0 unspecified atom stereocenters. The molecule has 1 rings (SSSR count). The molecule has 0 fully saturated rings. The molecule has 4 nitrogen and oxygen atoms in total. The van der Waals surface area contributed by atoms with Gasteiger partial charge in [-0.15, -0.1) is 0 Å². The molecule has 0 aromatic heterocycles. The predicted molar refractivity (Wildman–Crippen MR) is 59.5 cm³/mol. The zero-order valence-electron chi connectivity index (χ0n) is 9.09. The third-order valence-electron chi connectivity index (χ3n) is 1.91. The molecular weight excluding hydrogens is 178 g/mol. The van der Waals surface area contributed by atoms with Gasteiger partial charge in [0.25, 0.3) is 0 Å². The first-order valence-electron chi connectivity index (χ1n) is 4.42. The topological polar surface area (TPSA) is 50.5 Å². The number of benzene rings is 1. The average Bonchev–Trinajstić information content (AvgIpc) is 2.09. The van der Waals surface area contributed by atoms with Crippen molar-refractivity contribution in [2.24, 2.45) is 0 Å². The van der Waals surface area contributed by atoms with Crippen molar-refractivity contribution < 1.29 is 4.74 Å². The van der Waals surface area contributed by atoms with Gasteiger partial charge in [0, 0.05) is 20.2 Å². The first kappa shape index (κ1) is 10.7. The molecule has 78 valence electrons. The Morgan fingerprint density at radius 1 is 1.36 bits per heavy atom. The summed E-state index contributed by atoms with van der Waals surface area (Å²) in [6, 6.07) is 3.79. The van der Waals surface area contributed by atoms with Crippen LogP contribution in [-0.4, -0.2) is 26.2 Å². The molecule has 0 heterocycles. The number of ether oxygens (including phenoxy) is 1. The quantitative estimate of drug-likeness (QED) is 0.566. The number of rotatable bonds is 3. The summed E-state index contributed by atoms with van der Waals surface area (Å²) in [5, 5.41) is 1.83. The highest BCUT2D eigenvalue weighted by Crippen LogP contribution is 2.28. The maximum atomic E-state index is 5.85. The molecule has 3 N–H and O–H groups in total. The Labute approximate surface area is 84.6 Å². The Kier molecular flexibility index (Phi) is 3.19. The Balaban J connectivity index is 3.04. The molecule has 0 saturated carbocycles. The lowest BCUT2D eigenvalue weighted by molar-refractivity contribution is 0.411. The van der Waals surface area contributed by atoms with Crippen molar-refractivity contribution >= 4 is 11.4 Å². The second kappa shape index (κ2) is 4.19. The van der Waals surface area contributed by atoms with Crippen LogP contribution in [0.15, 0.2) is 12.1 Å². The molecular formula is C10H17N3O. The first-order valence-corrected chi connectivity index (χ1v) is 4.42. The third-order valence-corrected chi connectivity index (χ3v) is 1.91. The molecule has 0 atom stereocenters. The molecule has 14 heavy (non-hydrogen) atoms. The summed E-state index contributed by atoms with van der Waals surface area (Å²) in [7, 11) is 5.47. The number of hydrazine groups is 1. The highest BCUT2D eigenvalue weighted by molar-refractivity contribution is 5.69. The van der Waals surface area contributed by atoms with E-state index in [9.17, 15) is 0 Å². The van der Waals surface area contributed by atoms with Gasteiger partial charge < -0.3 is 15.9 Å². The van der Waals surface area contributed by atoms with Gasteiger partial charge in [-0.3, -0.25) is 0 Å². The Hall–Kier alpha value is -1.42. The second-order valence-corrected chi connectivity index (χ2v) is 3.42. The monoisotopic (exact) mass is 195 g/mol. The number of nitrogens with zero attached hydrogens (tertiary/aromatic N) is 1. The van der Waals surface area contributed by atoms with Gasteiger partial charge in [0.1, 0.15) is 5.75 Å². The summed E-state index contributed by atoms with van der Waals surface area (Å²) < 4.78 is 5.21. The van der Waals surface area contributed by atoms with Crippen molar-refractivity contribution in [3.8, 4) is 5.75 Å². The zero-order chi connectivity index (χ0) is 10.7. The van der Waals surface area contributed by atoms with E-state index in [0.717, 1.165) is 22.7 Å². The van der Waals surface area contributed by atoms with E-state index in [0.29, 0.717) is 0 Å². The minimum Gasteiger partial charge on any atom is -0.496 e. The Bertz CT molecular complexity index is 323. The van der Waals surface area contributed by atoms with Gasteiger partial charge in [-0.1, -0.05) is 0 Å². The maximum absolute atomic E-state index is 5.85. The fourth-order valence-corrected chi connectivity index (χ4v) is 1.27. The van der Waals surface area contributed by atoms with Crippen LogP contribution in [0.5, 0.6) is 5.75 Å².